The summed E-state index contributed by atoms with van der Waals surface area (Å²) in [7, 11) is 0. The molecule has 2 aliphatic rings. The van der Waals surface area contributed by atoms with Gasteiger partial charge < -0.3 is 14.5 Å². The fourth-order valence-electron chi connectivity index (χ4n) is 3.26. The molecule has 10 heteroatoms. The zero-order valence-corrected chi connectivity index (χ0v) is 16.7. The summed E-state index contributed by atoms with van der Waals surface area (Å²) in [5.74, 6) is 0.616. The van der Waals surface area contributed by atoms with Gasteiger partial charge in [-0.15, -0.1) is 0 Å². The lowest BCUT2D eigenvalue weighted by Crippen LogP contribution is -2.37. The molecule has 2 saturated heterocycles. The first-order chi connectivity index (χ1) is 13.9. The number of carbonyl (C=O) groups is 1. The van der Waals surface area contributed by atoms with Crippen molar-refractivity contribution in [2.45, 2.75) is 18.9 Å². The number of benzene rings is 1. The maximum atomic E-state index is 12.7. The number of non-ortho nitro benzene ring substituents is 1. The number of nitrogens with zero attached hydrogens (tertiary/aromatic N) is 2. The maximum absolute atomic E-state index is 12.7. The van der Waals surface area contributed by atoms with Crippen LogP contribution in [-0.2, 0) is 9.53 Å². The minimum Gasteiger partial charge on any atom is -0.457 e. The number of rotatable bonds is 5. The number of carbonyl (C=O) groups excluding carboxylic acids is 1. The standard InChI is InChI=1S/C19H16ClN3O5S/c20-15-8-11(23(25)26)3-5-14(15)17-6-4-12(28-17)9-16-18(24)22(19(29)21-16)10-13-2-1-7-27-13/h3-6,8-9,13H,1-2,7,10H2,(H,21,29)/b16-9+/t13-/m0/s1. The molecule has 3 heterocycles. The summed E-state index contributed by atoms with van der Waals surface area (Å²) < 4.78 is 11.3. The summed E-state index contributed by atoms with van der Waals surface area (Å²) in [5, 5.41) is 14.3. The number of halogens is 1. The molecule has 1 aromatic heterocycles. The molecule has 150 valence electrons. The molecule has 1 N–H and O–H groups in total. The van der Waals surface area contributed by atoms with E-state index in [0.29, 0.717) is 41.0 Å². The van der Waals surface area contributed by atoms with Gasteiger partial charge in [-0.3, -0.25) is 19.8 Å². The van der Waals surface area contributed by atoms with Gasteiger partial charge in [0.05, 0.1) is 22.6 Å². The number of nitro groups is 1. The predicted octanol–water partition coefficient (Wildman–Crippen LogP) is 3.74. The highest BCUT2D eigenvalue weighted by molar-refractivity contribution is 7.80. The normalized spacial score (nSPS) is 20.5. The van der Waals surface area contributed by atoms with E-state index in [2.05, 4.69) is 5.32 Å². The molecule has 0 aliphatic carbocycles. The molecule has 0 saturated carbocycles. The zero-order valence-electron chi connectivity index (χ0n) is 15.1. The molecule has 8 nitrogen and oxygen atoms in total. The molecular formula is C19H16ClN3O5S. The highest BCUT2D eigenvalue weighted by atomic mass is 35.5. The van der Waals surface area contributed by atoms with Crippen LogP contribution in [0.5, 0.6) is 0 Å². The minimum absolute atomic E-state index is 0.00227. The molecule has 4 rings (SSSR count). The van der Waals surface area contributed by atoms with Crippen LogP contribution in [0.4, 0.5) is 5.69 Å². The van der Waals surface area contributed by atoms with Crippen LogP contribution in [0.1, 0.15) is 18.6 Å². The second-order valence-corrected chi connectivity index (χ2v) is 7.46. The van der Waals surface area contributed by atoms with E-state index in [4.69, 9.17) is 33.0 Å². The summed E-state index contributed by atoms with van der Waals surface area (Å²) in [6.07, 6.45) is 3.45. The Kier molecular flexibility index (Phi) is 5.35. The molecular weight excluding hydrogens is 418 g/mol. The lowest BCUT2D eigenvalue weighted by molar-refractivity contribution is -0.384. The van der Waals surface area contributed by atoms with Gasteiger partial charge in [-0.25, -0.2) is 0 Å². The summed E-state index contributed by atoms with van der Waals surface area (Å²) in [4.78, 5) is 24.5. The van der Waals surface area contributed by atoms with Gasteiger partial charge in [0.25, 0.3) is 11.6 Å². The van der Waals surface area contributed by atoms with Crippen molar-refractivity contribution in [3.63, 3.8) is 0 Å². The molecule has 29 heavy (non-hydrogen) atoms. The first-order valence-electron chi connectivity index (χ1n) is 8.92. The van der Waals surface area contributed by atoms with Gasteiger partial charge in [0.2, 0.25) is 0 Å². The monoisotopic (exact) mass is 433 g/mol. The van der Waals surface area contributed by atoms with Gasteiger partial charge in [0, 0.05) is 30.4 Å². The van der Waals surface area contributed by atoms with Gasteiger partial charge >= 0.3 is 0 Å². The topological polar surface area (TPSA) is 97.8 Å². The van der Waals surface area contributed by atoms with E-state index >= 15 is 0 Å². The number of hydrogen-bond acceptors (Lipinski definition) is 6. The Morgan fingerprint density at radius 3 is 2.90 bits per heavy atom. The molecule has 1 atom stereocenters. The second kappa shape index (κ2) is 7.94. The fourth-order valence-corrected chi connectivity index (χ4v) is 3.80. The number of amides is 1. The quantitative estimate of drug-likeness (QED) is 0.332. The average Bonchev–Trinajstić information content (AvgIpc) is 3.41. The third kappa shape index (κ3) is 4.02. The number of ether oxygens (including phenoxy) is 1. The first-order valence-corrected chi connectivity index (χ1v) is 9.71. The van der Waals surface area contributed by atoms with Crippen LogP contribution in [0.25, 0.3) is 17.4 Å². The van der Waals surface area contributed by atoms with E-state index in [-0.39, 0.29) is 22.7 Å². The van der Waals surface area contributed by atoms with E-state index in [0.717, 1.165) is 12.8 Å². The van der Waals surface area contributed by atoms with Crippen molar-refractivity contribution in [1.82, 2.24) is 10.2 Å². The van der Waals surface area contributed by atoms with Crippen LogP contribution < -0.4 is 5.32 Å². The van der Waals surface area contributed by atoms with Gasteiger partial charge in [0.15, 0.2) is 5.11 Å². The van der Waals surface area contributed by atoms with Gasteiger partial charge in [-0.05, 0) is 43.3 Å². The minimum atomic E-state index is -0.518. The third-order valence-electron chi connectivity index (χ3n) is 4.71. The van der Waals surface area contributed by atoms with Crippen LogP contribution in [0.2, 0.25) is 5.02 Å². The Balaban J connectivity index is 1.52. The summed E-state index contributed by atoms with van der Waals surface area (Å²) in [5.41, 5.74) is 0.722. The number of nitro benzene ring substituents is 1. The lowest BCUT2D eigenvalue weighted by Gasteiger charge is -2.18. The Labute approximate surface area is 176 Å². The Hall–Kier alpha value is -2.75. The summed E-state index contributed by atoms with van der Waals surface area (Å²) >= 11 is 11.4. The van der Waals surface area contributed by atoms with Crippen molar-refractivity contribution in [2.24, 2.45) is 0 Å². The van der Waals surface area contributed by atoms with Crippen molar-refractivity contribution in [3.8, 4) is 11.3 Å². The van der Waals surface area contributed by atoms with Gasteiger partial charge in [0.1, 0.15) is 17.2 Å². The first kappa shape index (κ1) is 19.6. The van der Waals surface area contributed by atoms with Crippen LogP contribution in [-0.4, -0.2) is 40.1 Å². The van der Waals surface area contributed by atoms with Gasteiger partial charge in [-0.2, -0.15) is 0 Å². The number of thiocarbonyl (C=S) groups is 1. The zero-order chi connectivity index (χ0) is 20.5. The second-order valence-electron chi connectivity index (χ2n) is 6.66. The van der Waals surface area contributed by atoms with Crippen molar-refractivity contribution < 1.29 is 18.9 Å². The van der Waals surface area contributed by atoms with Gasteiger partial charge in [-0.1, -0.05) is 11.6 Å². The molecule has 0 bridgehead atoms. The predicted molar refractivity (Wildman–Crippen MR) is 110 cm³/mol. The van der Waals surface area contributed by atoms with E-state index in [1.807, 2.05) is 0 Å². The van der Waals surface area contributed by atoms with Crippen molar-refractivity contribution in [1.29, 1.82) is 0 Å². The molecule has 0 unspecified atom stereocenters. The Bertz CT molecular complexity index is 1030. The van der Waals surface area contributed by atoms with E-state index in [1.54, 1.807) is 18.2 Å². The molecule has 2 aliphatic heterocycles. The van der Waals surface area contributed by atoms with Crippen molar-refractivity contribution in [3.05, 3.63) is 56.9 Å². The smallest absolute Gasteiger partial charge is 0.276 e. The molecule has 2 fully saturated rings. The van der Waals surface area contributed by atoms with Crippen LogP contribution in [0.15, 0.2) is 40.4 Å². The number of hydrogen-bond donors (Lipinski definition) is 1. The van der Waals surface area contributed by atoms with Crippen molar-refractivity contribution >= 4 is 46.6 Å². The molecule has 1 amide bonds. The average molecular weight is 434 g/mol. The number of furan rings is 1. The molecule has 1 aromatic carbocycles. The Morgan fingerprint density at radius 1 is 1.38 bits per heavy atom. The summed E-state index contributed by atoms with van der Waals surface area (Å²) in [6, 6.07) is 7.50. The fraction of sp³-hybridized carbons (Fsp3) is 0.263. The summed E-state index contributed by atoms with van der Waals surface area (Å²) in [6.45, 7) is 1.12. The third-order valence-corrected chi connectivity index (χ3v) is 5.35. The number of nitrogens with one attached hydrogen (secondary N) is 1. The lowest BCUT2D eigenvalue weighted by atomic mass is 10.1. The van der Waals surface area contributed by atoms with Crippen LogP contribution in [0.3, 0.4) is 0 Å². The molecule has 0 spiro atoms. The molecule has 0 radical (unpaired) electrons. The van der Waals surface area contributed by atoms with Crippen molar-refractivity contribution in [2.75, 3.05) is 13.2 Å². The largest absolute Gasteiger partial charge is 0.457 e. The van der Waals surface area contributed by atoms with E-state index in [1.165, 1.54) is 23.1 Å². The molecule has 2 aromatic rings. The maximum Gasteiger partial charge on any atom is 0.276 e. The van der Waals surface area contributed by atoms with E-state index in [9.17, 15) is 14.9 Å². The highest BCUT2D eigenvalue weighted by Crippen LogP contribution is 2.33. The van der Waals surface area contributed by atoms with E-state index < -0.39 is 4.92 Å². The highest BCUT2D eigenvalue weighted by Gasteiger charge is 2.33. The van der Waals surface area contributed by atoms with Crippen LogP contribution in [0, 0.1) is 10.1 Å². The Morgan fingerprint density at radius 2 is 2.21 bits per heavy atom. The SMILES string of the molecule is O=C1/C(=C\c2ccc(-c3ccc([N+](=O)[O-])cc3Cl)o2)NC(=S)N1C[C@@H]1CCCO1. The van der Waals surface area contributed by atoms with Crippen LogP contribution >= 0.6 is 23.8 Å².